The molecule has 0 radical (unpaired) electrons. The Kier molecular flexibility index (Phi) is 4.12. The molecule has 2 N–H and O–H groups in total. The number of nitrogens with two attached hydrogens (primary N) is 1. The first-order valence-corrected chi connectivity index (χ1v) is 4.82. The molecule has 4 heteroatoms. The molecule has 4 nitrogen and oxygen atoms in total. The van der Waals surface area contributed by atoms with E-state index in [-0.39, 0.29) is 0 Å². The van der Waals surface area contributed by atoms with Crippen molar-refractivity contribution in [3.8, 4) is 0 Å². The highest BCUT2D eigenvalue weighted by atomic mass is 16.7. The Morgan fingerprint density at radius 1 is 1.47 bits per heavy atom. The summed E-state index contributed by atoms with van der Waals surface area (Å²) < 4.78 is 10.1. The fraction of sp³-hybridized carbons (Fsp3) is 0.364. The van der Waals surface area contributed by atoms with Crippen molar-refractivity contribution in [2.75, 3.05) is 12.3 Å². The average Bonchev–Trinajstić information content (AvgIpc) is 2.18. The van der Waals surface area contributed by atoms with Crippen molar-refractivity contribution in [2.24, 2.45) is 0 Å². The maximum atomic E-state index is 11.6. The highest BCUT2D eigenvalue weighted by molar-refractivity contribution is 5.94. The van der Waals surface area contributed by atoms with Crippen molar-refractivity contribution >= 4 is 11.7 Å². The van der Waals surface area contributed by atoms with Gasteiger partial charge in [0, 0.05) is 12.3 Å². The number of anilines is 1. The van der Waals surface area contributed by atoms with Gasteiger partial charge in [-0.1, -0.05) is 12.1 Å². The predicted molar refractivity (Wildman–Crippen MR) is 57.4 cm³/mol. The number of carbonyl (C=O) groups is 1. The van der Waals surface area contributed by atoms with Crippen LogP contribution in [0.1, 0.15) is 24.2 Å². The lowest BCUT2D eigenvalue weighted by Crippen LogP contribution is -2.18. The third kappa shape index (κ3) is 3.25. The molecule has 0 bridgehead atoms. The highest BCUT2D eigenvalue weighted by Crippen LogP contribution is 2.12. The minimum Gasteiger partial charge on any atom is -0.432 e. The number of benzene rings is 1. The fourth-order valence-electron chi connectivity index (χ4n) is 1.17. The van der Waals surface area contributed by atoms with Gasteiger partial charge in [-0.05, 0) is 26.0 Å². The molecule has 1 aromatic carbocycles. The van der Waals surface area contributed by atoms with E-state index >= 15 is 0 Å². The van der Waals surface area contributed by atoms with Gasteiger partial charge in [0.15, 0.2) is 6.29 Å². The van der Waals surface area contributed by atoms with E-state index in [9.17, 15) is 4.79 Å². The third-order valence-electron chi connectivity index (χ3n) is 1.86. The number of rotatable bonds is 4. The molecule has 1 rings (SSSR count). The Bertz CT molecular complexity index is 338. The third-order valence-corrected chi connectivity index (χ3v) is 1.86. The first-order chi connectivity index (χ1) is 7.15. The van der Waals surface area contributed by atoms with E-state index < -0.39 is 12.3 Å². The molecule has 0 fully saturated rings. The number of nitrogen functional groups attached to an aromatic ring is 1. The SMILES string of the molecule is CCOC(C)OC(=O)c1ccccc1N. The molecule has 0 spiro atoms. The van der Waals surface area contributed by atoms with Crippen LogP contribution in [0, 0.1) is 0 Å². The standard InChI is InChI=1S/C11H15NO3/c1-3-14-8(2)15-11(13)9-6-4-5-7-10(9)12/h4-8H,3,12H2,1-2H3. The van der Waals surface area contributed by atoms with Crippen molar-refractivity contribution < 1.29 is 14.3 Å². The van der Waals surface area contributed by atoms with Crippen molar-refractivity contribution in [3.05, 3.63) is 29.8 Å². The summed E-state index contributed by atoms with van der Waals surface area (Å²) in [5.74, 6) is -0.464. The second kappa shape index (κ2) is 5.36. The summed E-state index contributed by atoms with van der Waals surface area (Å²) >= 11 is 0. The van der Waals surface area contributed by atoms with Crippen molar-refractivity contribution in [1.29, 1.82) is 0 Å². The number of para-hydroxylation sites is 1. The van der Waals surface area contributed by atoms with Gasteiger partial charge >= 0.3 is 5.97 Å². The van der Waals surface area contributed by atoms with Crippen LogP contribution >= 0.6 is 0 Å². The number of hydrogen-bond donors (Lipinski definition) is 1. The van der Waals surface area contributed by atoms with E-state index in [1.54, 1.807) is 31.2 Å². The molecule has 0 saturated heterocycles. The van der Waals surface area contributed by atoms with Gasteiger partial charge < -0.3 is 15.2 Å². The second-order valence-electron chi connectivity index (χ2n) is 3.02. The van der Waals surface area contributed by atoms with E-state index in [0.29, 0.717) is 17.9 Å². The number of esters is 1. The van der Waals surface area contributed by atoms with Gasteiger partial charge in [0.05, 0.1) is 5.56 Å². The molecule has 1 unspecified atom stereocenters. The Hall–Kier alpha value is -1.55. The second-order valence-corrected chi connectivity index (χ2v) is 3.02. The molecular formula is C11H15NO3. The number of carbonyl (C=O) groups excluding carboxylic acids is 1. The molecule has 0 aliphatic rings. The summed E-state index contributed by atoms with van der Waals surface area (Å²) in [6.07, 6.45) is -0.554. The zero-order valence-electron chi connectivity index (χ0n) is 8.90. The van der Waals surface area contributed by atoms with Crippen molar-refractivity contribution in [2.45, 2.75) is 20.1 Å². The van der Waals surface area contributed by atoms with E-state index in [1.165, 1.54) is 0 Å². The highest BCUT2D eigenvalue weighted by Gasteiger charge is 2.13. The summed E-state index contributed by atoms with van der Waals surface area (Å²) in [7, 11) is 0. The van der Waals surface area contributed by atoms with Gasteiger partial charge in [-0.25, -0.2) is 4.79 Å². The van der Waals surface area contributed by atoms with Crippen LogP contribution in [0.25, 0.3) is 0 Å². The van der Waals surface area contributed by atoms with Gasteiger partial charge in [-0.15, -0.1) is 0 Å². The van der Waals surface area contributed by atoms with Crippen LogP contribution in [0.4, 0.5) is 5.69 Å². The number of ether oxygens (including phenoxy) is 2. The van der Waals surface area contributed by atoms with E-state index in [1.807, 2.05) is 6.92 Å². The van der Waals surface area contributed by atoms with Gasteiger partial charge in [-0.2, -0.15) is 0 Å². The quantitative estimate of drug-likeness (QED) is 0.466. The van der Waals surface area contributed by atoms with Gasteiger partial charge in [0.25, 0.3) is 0 Å². The predicted octanol–water partition coefficient (Wildman–Crippen LogP) is 1.81. The topological polar surface area (TPSA) is 61.5 Å². The summed E-state index contributed by atoms with van der Waals surface area (Å²) in [5.41, 5.74) is 6.40. The molecule has 0 aromatic heterocycles. The average molecular weight is 209 g/mol. The minimum absolute atomic E-state index is 0.365. The molecule has 0 heterocycles. The van der Waals surface area contributed by atoms with Gasteiger partial charge in [0.1, 0.15) is 0 Å². The summed E-state index contributed by atoms with van der Waals surface area (Å²) in [6.45, 7) is 4.00. The smallest absolute Gasteiger partial charge is 0.342 e. The summed E-state index contributed by atoms with van der Waals surface area (Å²) in [6, 6.07) is 6.77. The Labute approximate surface area is 89.0 Å². The minimum atomic E-state index is -0.554. The lowest BCUT2D eigenvalue weighted by atomic mass is 10.2. The maximum Gasteiger partial charge on any atom is 0.342 e. The van der Waals surface area contributed by atoms with Crippen LogP contribution in [0.5, 0.6) is 0 Å². The Morgan fingerprint density at radius 3 is 2.73 bits per heavy atom. The molecule has 1 atom stereocenters. The molecule has 0 amide bonds. The van der Waals surface area contributed by atoms with Gasteiger partial charge in [-0.3, -0.25) is 0 Å². The first-order valence-electron chi connectivity index (χ1n) is 4.82. The van der Waals surface area contributed by atoms with Crippen molar-refractivity contribution in [3.63, 3.8) is 0 Å². The molecule has 0 aliphatic heterocycles. The van der Waals surface area contributed by atoms with Crippen LogP contribution in [0.15, 0.2) is 24.3 Å². The molecule has 0 saturated carbocycles. The Balaban J connectivity index is 2.65. The molecule has 1 aromatic rings. The van der Waals surface area contributed by atoms with Crippen LogP contribution in [-0.2, 0) is 9.47 Å². The fourth-order valence-corrected chi connectivity index (χ4v) is 1.17. The van der Waals surface area contributed by atoms with E-state index in [2.05, 4.69) is 0 Å². The van der Waals surface area contributed by atoms with Gasteiger partial charge in [0.2, 0.25) is 0 Å². The molecular weight excluding hydrogens is 194 g/mol. The van der Waals surface area contributed by atoms with E-state index in [4.69, 9.17) is 15.2 Å². The zero-order valence-corrected chi connectivity index (χ0v) is 8.90. The lowest BCUT2D eigenvalue weighted by molar-refractivity contribution is -0.0940. The normalized spacial score (nSPS) is 12.1. The van der Waals surface area contributed by atoms with Crippen LogP contribution in [0.2, 0.25) is 0 Å². The van der Waals surface area contributed by atoms with Crippen LogP contribution < -0.4 is 5.73 Å². The van der Waals surface area contributed by atoms with E-state index in [0.717, 1.165) is 0 Å². The monoisotopic (exact) mass is 209 g/mol. The molecule has 15 heavy (non-hydrogen) atoms. The largest absolute Gasteiger partial charge is 0.432 e. The summed E-state index contributed by atoms with van der Waals surface area (Å²) in [5, 5.41) is 0. The lowest BCUT2D eigenvalue weighted by Gasteiger charge is -2.13. The molecule has 82 valence electrons. The van der Waals surface area contributed by atoms with Crippen molar-refractivity contribution in [1.82, 2.24) is 0 Å². The van der Waals surface area contributed by atoms with Crippen LogP contribution in [-0.4, -0.2) is 18.9 Å². The van der Waals surface area contributed by atoms with Crippen LogP contribution in [0.3, 0.4) is 0 Å². The summed E-state index contributed by atoms with van der Waals surface area (Å²) in [4.78, 5) is 11.6. The molecule has 0 aliphatic carbocycles. The zero-order chi connectivity index (χ0) is 11.3. The number of hydrogen-bond acceptors (Lipinski definition) is 4. The first kappa shape index (κ1) is 11.5. The maximum absolute atomic E-state index is 11.6. The Morgan fingerprint density at radius 2 is 2.13 bits per heavy atom.